The van der Waals surface area contributed by atoms with Gasteiger partial charge in [-0.2, -0.15) is 16.9 Å². The number of thioether (sulfide) groups is 1. The molecule has 0 bridgehead atoms. The first-order valence-corrected chi connectivity index (χ1v) is 8.37. The van der Waals surface area contributed by atoms with Crippen molar-refractivity contribution in [2.45, 2.75) is 33.1 Å². The molecule has 0 saturated carbocycles. The van der Waals surface area contributed by atoms with Crippen molar-refractivity contribution in [3.05, 3.63) is 29.3 Å². The minimum atomic E-state index is -0.212. The third kappa shape index (κ3) is 4.77. The van der Waals surface area contributed by atoms with Crippen molar-refractivity contribution in [1.29, 1.82) is 0 Å². The Kier molecular flexibility index (Phi) is 5.67. The number of benzene rings is 1. The number of nitrogens with zero attached hydrogens (tertiary/aromatic N) is 1. The predicted molar refractivity (Wildman–Crippen MR) is 88.3 cm³/mol. The molecule has 5 heteroatoms. The van der Waals surface area contributed by atoms with Crippen LogP contribution in [-0.2, 0) is 4.79 Å². The van der Waals surface area contributed by atoms with E-state index >= 15 is 0 Å². The molecule has 1 saturated heterocycles. The first kappa shape index (κ1) is 15.9. The molecule has 21 heavy (non-hydrogen) atoms. The van der Waals surface area contributed by atoms with Gasteiger partial charge in [0.05, 0.1) is 0 Å². The van der Waals surface area contributed by atoms with Gasteiger partial charge in [-0.25, -0.2) is 5.43 Å². The van der Waals surface area contributed by atoms with E-state index in [9.17, 15) is 4.79 Å². The summed E-state index contributed by atoms with van der Waals surface area (Å²) in [5, 5.41) is 4.13. The fraction of sp³-hybridized carbons (Fsp3) is 0.500. The Morgan fingerprint density at radius 3 is 2.95 bits per heavy atom. The number of ether oxygens (including phenoxy) is 1. The van der Waals surface area contributed by atoms with Gasteiger partial charge in [0.25, 0.3) is 5.91 Å². The largest absolute Gasteiger partial charge is 0.483 e. The molecule has 1 aromatic carbocycles. The van der Waals surface area contributed by atoms with Crippen LogP contribution in [0.15, 0.2) is 23.3 Å². The Morgan fingerprint density at radius 1 is 1.48 bits per heavy atom. The zero-order valence-corrected chi connectivity index (χ0v) is 13.6. The number of hydrogen-bond donors (Lipinski definition) is 1. The zero-order chi connectivity index (χ0) is 15.2. The lowest BCUT2D eigenvalue weighted by atomic mass is 10.0. The molecule has 1 aliphatic rings. The van der Waals surface area contributed by atoms with Gasteiger partial charge in [0.2, 0.25) is 0 Å². The highest BCUT2D eigenvalue weighted by molar-refractivity contribution is 8.00. The second kappa shape index (κ2) is 7.50. The van der Waals surface area contributed by atoms with E-state index < -0.39 is 0 Å². The SMILES string of the molecule is Cc1ccc(C(C)C)c(OCC(=O)N/N=C2\CCSC2)c1. The minimum Gasteiger partial charge on any atom is -0.483 e. The molecule has 0 radical (unpaired) electrons. The number of rotatable bonds is 5. The van der Waals surface area contributed by atoms with Crippen LogP contribution in [0.5, 0.6) is 5.75 Å². The maximum atomic E-state index is 11.8. The highest BCUT2D eigenvalue weighted by Crippen LogP contribution is 2.27. The lowest BCUT2D eigenvalue weighted by Gasteiger charge is -2.14. The highest BCUT2D eigenvalue weighted by Gasteiger charge is 2.11. The molecule has 0 aromatic heterocycles. The standard InChI is InChI=1S/C16H22N2O2S/c1-11(2)14-5-4-12(3)8-15(14)20-9-16(19)18-17-13-6-7-21-10-13/h4-5,8,11H,6-7,9-10H2,1-3H3,(H,18,19)/b17-13+. The molecule has 1 heterocycles. The molecule has 0 atom stereocenters. The lowest BCUT2D eigenvalue weighted by molar-refractivity contribution is -0.123. The summed E-state index contributed by atoms with van der Waals surface area (Å²) in [4.78, 5) is 11.8. The fourth-order valence-corrected chi connectivity index (χ4v) is 3.07. The summed E-state index contributed by atoms with van der Waals surface area (Å²) in [6, 6.07) is 6.09. The molecule has 1 aromatic rings. The third-order valence-corrected chi connectivity index (χ3v) is 4.32. The number of hydrazone groups is 1. The molecule has 0 aliphatic carbocycles. The second-order valence-electron chi connectivity index (χ2n) is 5.50. The van der Waals surface area contributed by atoms with Crippen molar-refractivity contribution in [1.82, 2.24) is 5.43 Å². The number of carbonyl (C=O) groups excluding carboxylic acids is 1. The van der Waals surface area contributed by atoms with E-state index in [2.05, 4.69) is 36.5 Å². The normalized spacial score (nSPS) is 16.5. The van der Waals surface area contributed by atoms with Gasteiger partial charge in [0, 0.05) is 11.5 Å². The Bertz CT molecular complexity index is 533. The smallest absolute Gasteiger partial charge is 0.277 e. The van der Waals surface area contributed by atoms with E-state index in [1.165, 1.54) is 0 Å². The van der Waals surface area contributed by atoms with Gasteiger partial charge >= 0.3 is 0 Å². The molecule has 1 N–H and O–H groups in total. The van der Waals surface area contributed by atoms with Crippen molar-refractivity contribution in [2.24, 2.45) is 5.10 Å². The zero-order valence-electron chi connectivity index (χ0n) is 12.8. The number of carbonyl (C=O) groups is 1. The minimum absolute atomic E-state index is 0.00685. The van der Waals surface area contributed by atoms with Crippen LogP contribution in [0.4, 0.5) is 0 Å². The van der Waals surface area contributed by atoms with Gasteiger partial charge in [0.1, 0.15) is 5.75 Å². The van der Waals surface area contributed by atoms with E-state index in [0.29, 0.717) is 5.92 Å². The number of amides is 1. The van der Waals surface area contributed by atoms with E-state index in [0.717, 1.165) is 40.5 Å². The summed E-state index contributed by atoms with van der Waals surface area (Å²) >= 11 is 1.84. The van der Waals surface area contributed by atoms with Crippen LogP contribution in [0.1, 0.15) is 37.3 Å². The monoisotopic (exact) mass is 306 g/mol. The summed E-state index contributed by atoms with van der Waals surface area (Å²) in [6.07, 6.45) is 0.960. The molecule has 0 unspecified atom stereocenters. The van der Waals surface area contributed by atoms with Crippen molar-refractivity contribution in [2.75, 3.05) is 18.1 Å². The Balaban J connectivity index is 1.91. The van der Waals surface area contributed by atoms with Crippen molar-refractivity contribution < 1.29 is 9.53 Å². The van der Waals surface area contributed by atoms with Gasteiger partial charge in [-0.3, -0.25) is 4.79 Å². The molecule has 1 aliphatic heterocycles. The number of aryl methyl sites for hydroxylation is 1. The second-order valence-corrected chi connectivity index (χ2v) is 6.61. The van der Waals surface area contributed by atoms with Crippen LogP contribution < -0.4 is 10.2 Å². The topological polar surface area (TPSA) is 50.7 Å². The quantitative estimate of drug-likeness (QED) is 0.850. The number of nitrogens with one attached hydrogen (secondary N) is 1. The van der Waals surface area contributed by atoms with E-state index in [1.807, 2.05) is 24.8 Å². The predicted octanol–water partition coefficient (Wildman–Crippen LogP) is 3.11. The molecule has 1 fully saturated rings. The highest BCUT2D eigenvalue weighted by atomic mass is 32.2. The van der Waals surface area contributed by atoms with Gasteiger partial charge in [-0.1, -0.05) is 26.0 Å². The van der Waals surface area contributed by atoms with Crippen molar-refractivity contribution >= 4 is 23.4 Å². The molecule has 114 valence electrons. The molecular formula is C16H22N2O2S. The molecule has 0 spiro atoms. The summed E-state index contributed by atoms with van der Waals surface area (Å²) in [5.41, 5.74) is 5.86. The van der Waals surface area contributed by atoms with Crippen LogP contribution in [0.25, 0.3) is 0 Å². The molecule has 2 rings (SSSR count). The van der Waals surface area contributed by atoms with Gasteiger partial charge in [-0.15, -0.1) is 0 Å². The molecular weight excluding hydrogens is 284 g/mol. The Morgan fingerprint density at radius 2 is 2.29 bits per heavy atom. The van der Waals surface area contributed by atoms with Crippen LogP contribution in [0.3, 0.4) is 0 Å². The summed E-state index contributed by atoms with van der Waals surface area (Å²) < 4.78 is 5.67. The lowest BCUT2D eigenvalue weighted by Crippen LogP contribution is -2.26. The maximum Gasteiger partial charge on any atom is 0.277 e. The van der Waals surface area contributed by atoms with E-state index in [-0.39, 0.29) is 12.5 Å². The molecule has 4 nitrogen and oxygen atoms in total. The van der Waals surface area contributed by atoms with Crippen molar-refractivity contribution in [3.8, 4) is 5.75 Å². The van der Waals surface area contributed by atoms with Gasteiger partial charge < -0.3 is 4.74 Å². The average Bonchev–Trinajstić information content (AvgIpc) is 2.96. The van der Waals surface area contributed by atoms with Crippen molar-refractivity contribution in [3.63, 3.8) is 0 Å². The van der Waals surface area contributed by atoms with Crippen LogP contribution in [0, 0.1) is 6.92 Å². The van der Waals surface area contributed by atoms with Gasteiger partial charge in [0.15, 0.2) is 6.61 Å². The summed E-state index contributed by atoms with van der Waals surface area (Å²) in [6.45, 7) is 6.23. The van der Waals surface area contributed by atoms with Crippen LogP contribution >= 0.6 is 11.8 Å². The summed E-state index contributed by atoms with van der Waals surface area (Å²) in [7, 11) is 0. The fourth-order valence-electron chi connectivity index (χ4n) is 2.10. The Hall–Kier alpha value is -1.49. The van der Waals surface area contributed by atoms with Crippen LogP contribution in [-0.4, -0.2) is 29.7 Å². The molecule has 1 amide bonds. The number of hydrogen-bond acceptors (Lipinski definition) is 4. The first-order chi connectivity index (χ1) is 10.1. The average molecular weight is 306 g/mol. The Labute approximate surface area is 130 Å². The summed E-state index contributed by atoms with van der Waals surface area (Å²) in [5.74, 6) is 2.93. The van der Waals surface area contributed by atoms with E-state index in [4.69, 9.17) is 4.74 Å². The first-order valence-electron chi connectivity index (χ1n) is 7.21. The third-order valence-electron chi connectivity index (χ3n) is 3.29. The maximum absolute atomic E-state index is 11.8. The van der Waals surface area contributed by atoms with Crippen LogP contribution in [0.2, 0.25) is 0 Å². The van der Waals surface area contributed by atoms with E-state index in [1.54, 1.807) is 0 Å². The van der Waals surface area contributed by atoms with Gasteiger partial charge in [-0.05, 0) is 42.2 Å².